The molecule has 1 aliphatic rings. The lowest BCUT2D eigenvalue weighted by Gasteiger charge is -2.11. The fourth-order valence-corrected chi connectivity index (χ4v) is 7.80. The monoisotopic (exact) mass is 614 g/mol. The van der Waals surface area contributed by atoms with Gasteiger partial charge in [-0.3, -0.25) is 4.98 Å². The minimum absolute atomic E-state index is 0.951. The van der Waals surface area contributed by atoms with E-state index in [0.717, 1.165) is 51.3 Å². The largest absolute Gasteiger partial charge is 0.327 e. The van der Waals surface area contributed by atoms with Crippen LogP contribution in [0.5, 0.6) is 0 Å². The number of rotatable bonds is 4. The first kappa shape index (κ1) is 26.9. The molecular weight excluding hydrogens is 585 g/mol. The Balaban J connectivity index is 1.13. The molecule has 0 atom stereocenters. The van der Waals surface area contributed by atoms with E-state index in [2.05, 4.69) is 155 Å². The minimum Gasteiger partial charge on any atom is -0.327 e. The van der Waals surface area contributed by atoms with Gasteiger partial charge in [0.1, 0.15) is 5.82 Å². The van der Waals surface area contributed by atoms with Crippen molar-refractivity contribution in [2.45, 2.75) is 6.42 Å². The highest BCUT2D eigenvalue weighted by Gasteiger charge is 2.21. The molecule has 0 aliphatic heterocycles. The van der Waals surface area contributed by atoms with Gasteiger partial charge in [0.15, 0.2) is 0 Å². The normalized spacial score (nSPS) is 12.2. The van der Waals surface area contributed by atoms with Crippen LogP contribution in [0.15, 0.2) is 152 Å². The van der Waals surface area contributed by atoms with Crippen LogP contribution in [-0.2, 0) is 13.5 Å². The van der Waals surface area contributed by atoms with E-state index in [-0.39, 0.29) is 0 Å². The fourth-order valence-electron chi connectivity index (χ4n) is 7.80. The summed E-state index contributed by atoms with van der Waals surface area (Å²) in [6.45, 7) is 0. The Bertz CT molecular complexity index is 2710. The maximum Gasteiger partial charge on any atom is 0.140 e. The van der Waals surface area contributed by atoms with Crippen LogP contribution in [0.3, 0.4) is 0 Å². The molecular formula is C44H30N4. The van der Waals surface area contributed by atoms with Crippen LogP contribution in [0.2, 0.25) is 0 Å². The van der Waals surface area contributed by atoms with Crippen LogP contribution in [0.1, 0.15) is 11.1 Å². The number of benzene rings is 6. The van der Waals surface area contributed by atoms with Crippen molar-refractivity contribution >= 4 is 32.8 Å². The molecule has 0 N–H and O–H groups in total. The quantitative estimate of drug-likeness (QED) is 0.198. The first-order chi connectivity index (χ1) is 23.7. The number of pyridine rings is 1. The van der Waals surface area contributed by atoms with Gasteiger partial charge < -0.3 is 9.13 Å². The van der Waals surface area contributed by atoms with Crippen molar-refractivity contribution in [3.05, 3.63) is 163 Å². The lowest BCUT2D eigenvalue weighted by Crippen LogP contribution is -1.97. The van der Waals surface area contributed by atoms with Crippen molar-refractivity contribution in [3.63, 3.8) is 0 Å². The highest BCUT2D eigenvalue weighted by molar-refractivity contribution is 6.10. The SMILES string of the molecule is Cn1c(-c2ccc3c4ccccc4n(-c4cccc(-c5ccccn5)c4)c3c2)nc2cccc(-c3ccc4c(c3)Cc3ccccc3-4)c21. The van der Waals surface area contributed by atoms with E-state index in [1.165, 1.54) is 49.7 Å². The lowest BCUT2D eigenvalue weighted by atomic mass is 9.98. The minimum atomic E-state index is 0.951. The van der Waals surface area contributed by atoms with Crippen molar-refractivity contribution < 1.29 is 0 Å². The van der Waals surface area contributed by atoms with Gasteiger partial charge in [-0.25, -0.2) is 4.98 Å². The third-order valence-corrected chi connectivity index (χ3v) is 10.00. The molecule has 0 spiro atoms. The topological polar surface area (TPSA) is 35.6 Å². The molecule has 4 nitrogen and oxygen atoms in total. The van der Waals surface area contributed by atoms with Gasteiger partial charge in [0.2, 0.25) is 0 Å². The molecule has 1 aliphatic carbocycles. The zero-order chi connectivity index (χ0) is 31.8. The first-order valence-electron chi connectivity index (χ1n) is 16.4. The smallest absolute Gasteiger partial charge is 0.140 e. The molecule has 10 rings (SSSR count). The van der Waals surface area contributed by atoms with E-state index < -0.39 is 0 Å². The first-order valence-corrected chi connectivity index (χ1v) is 16.4. The van der Waals surface area contributed by atoms with Gasteiger partial charge in [-0.1, -0.05) is 103 Å². The summed E-state index contributed by atoms with van der Waals surface area (Å²) in [7, 11) is 2.15. The lowest BCUT2D eigenvalue weighted by molar-refractivity contribution is 0.960. The van der Waals surface area contributed by atoms with Gasteiger partial charge in [0, 0.05) is 46.4 Å². The molecule has 48 heavy (non-hydrogen) atoms. The number of hydrogen-bond acceptors (Lipinski definition) is 2. The Kier molecular flexibility index (Phi) is 5.82. The Morgan fingerprint density at radius 3 is 2.27 bits per heavy atom. The number of imidazole rings is 1. The third-order valence-electron chi connectivity index (χ3n) is 10.00. The summed E-state index contributed by atoms with van der Waals surface area (Å²) in [4.78, 5) is 9.85. The predicted octanol–water partition coefficient (Wildman–Crippen LogP) is 10.6. The maximum absolute atomic E-state index is 5.24. The van der Waals surface area contributed by atoms with Gasteiger partial charge in [-0.05, 0) is 76.7 Å². The van der Waals surface area contributed by atoms with E-state index >= 15 is 0 Å². The van der Waals surface area contributed by atoms with E-state index in [4.69, 9.17) is 4.98 Å². The van der Waals surface area contributed by atoms with Crippen LogP contribution in [0.4, 0.5) is 0 Å². The van der Waals surface area contributed by atoms with E-state index in [0.29, 0.717) is 0 Å². The second-order valence-corrected chi connectivity index (χ2v) is 12.7. The summed E-state index contributed by atoms with van der Waals surface area (Å²) < 4.78 is 4.64. The number of aryl methyl sites for hydroxylation is 1. The summed E-state index contributed by atoms with van der Waals surface area (Å²) in [5, 5.41) is 2.45. The molecule has 0 radical (unpaired) electrons. The van der Waals surface area contributed by atoms with Crippen molar-refractivity contribution in [2.24, 2.45) is 7.05 Å². The number of fused-ring (bicyclic) bond motifs is 7. The highest BCUT2D eigenvalue weighted by atomic mass is 15.1. The second-order valence-electron chi connectivity index (χ2n) is 12.7. The summed E-state index contributed by atoms with van der Waals surface area (Å²) >= 11 is 0. The number of aromatic nitrogens is 4. The molecule has 3 aromatic heterocycles. The van der Waals surface area contributed by atoms with Gasteiger partial charge >= 0.3 is 0 Å². The Morgan fingerprint density at radius 2 is 1.33 bits per heavy atom. The van der Waals surface area contributed by atoms with Gasteiger partial charge in [-0.15, -0.1) is 0 Å². The van der Waals surface area contributed by atoms with Gasteiger partial charge in [0.05, 0.1) is 27.8 Å². The second kappa shape index (κ2) is 10.4. The Hall–Kier alpha value is -6.26. The number of para-hydroxylation sites is 2. The molecule has 4 heteroatoms. The number of nitrogens with zero attached hydrogens (tertiary/aromatic N) is 4. The molecule has 6 aromatic carbocycles. The molecule has 0 amide bonds. The van der Waals surface area contributed by atoms with Crippen LogP contribution in [0, 0.1) is 0 Å². The predicted molar refractivity (Wildman–Crippen MR) is 197 cm³/mol. The molecule has 226 valence electrons. The average Bonchev–Trinajstić information content (AvgIpc) is 3.80. The summed E-state index contributed by atoms with van der Waals surface area (Å²) in [6, 6.07) is 52.3. The van der Waals surface area contributed by atoms with Crippen LogP contribution >= 0.6 is 0 Å². The van der Waals surface area contributed by atoms with Gasteiger partial charge in [-0.2, -0.15) is 0 Å². The molecule has 3 heterocycles. The van der Waals surface area contributed by atoms with Crippen molar-refractivity contribution in [3.8, 4) is 50.6 Å². The standard InChI is InChI=1S/C44H30N4/c1-47-43-36(29-19-21-35-32(25-29)24-28-10-2-3-13-34(28)35)15-9-17-40(43)46-44(47)31-20-22-38-37-14-4-5-18-41(37)48(42(38)27-31)33-12-8-11-30(26-33)39-16-6-7-23-45-39/h2-23,25-27H,24H2,1H3. The molecule has 9 aromatic rings. The molecule has 0 bridgehead atoms. The van der Waals surface area contributed by atoms with E-state index in [9.17, 15) is 0 Å². The fraction of sp³-hybridized carbons (Fsp3) is 0.0455. The van der Waals surface area contributed by atoms with Crippen molar-refractivity contribution in [1.82, 2.24) is 19.1 Å². The molecule has 0 unspecified atom stereocenters. The zero-order valence-corrected chi connectivity index (χ0v) is 26.4. The maximum atomic E-state index is 5.24. The molecule has 0 fully saturated rings. The number of hydrogen-bond donors (Lipinski definition) is 0. The highest BCUT2D eigenvalue weighted by Crippen LogP contribution is 2.41. The summed E-state index contributed by atoms with van der Waals surface area (Å²) in [6.07, 6.45) is 2.82. The average molecular weight is 615 g/mol. The Morgan fingerprint density at radius 1 is 0.542 bits per heavy atom. The van der Waals surface area contributed by atoms with E-state index in [1.807, 2.05) is 18.3 Å². The van der Waals surface area contributed by atoms with E-state index in [1.54, 1.807) is 0 Å². The zero-order valence-electron chi connectivity index (χ0n) is 26.4. The third kappa shape index (κ3) is 4.02. The van der Waals surface area contributed by atoms with Crippen LogP contribution < -0.4 is 0 Å². The van der Waals surface area contributed by atoms with Crippen LogP contribution in [-0.4, -0.2) is 19.1 Å². The van der Waals surface area contributed by atoms with Crippen LogP contribution in [0.25, 0.3) is 83.4 Å². The Labute approximate surface area is 278 Å². The van der Waals surface area contributed by atoms with Crippen molar-refractivity contribution in [1.29, 1.82) is 0 Å². The van der Waals surface area contributed by atoms with Crippen molar-refractivity contribution in [2.75, 3.05) is 0 Å². The molecule has 0 saturated carbocycles. The molecule has 0 saturated heterocycles. The summed E-state index contributed by atoms with van der Waals surface area (Å²) in [5.41, 5.74) is 16.6. The summed E-state index contributed by atoms with van der Waals surface area (Å²) in [5.74, 6) is 0.951. The van der Waals surface area contributed by atoms with Gasteiger partial charge in [0.25, 0.3) is 0 Å².